The fourth-order valence-electron chi connectivity index (χ4n) is 5.70. The molecule has 3 fully saturated rings. The standard InChI is InChI=1S/C30H37ClF2N6O8S/c1-29(2,3)47-27(41)34-20-16-26(40)39(17-20)21-4-6-22(7-5-21)48(44,45)38-10-8-36(9-11-38)25-15-19(14-24(31)35-25)30(32,33)23-18-37(28(42)43)12-13-46-23/h4-7,14-15,20,23H,8-13,16-18H2,1-3H3,(H,34,41)(H,42,43)/t20-,23+/m1/s1. The zero-order valence-corrected chi connectivity index (χ0v) is 28.1. The minimum Gasteiger partial charge on any atom is -0.465 e. The van der Waals surface area contributed by atoms with Crippen molar-refractivity contribution in [3.8, 4) is 0 Å². The number of nitrogens with one attached hydrogen (secondary N) is 1. The van der Waals surface area contributed by atoms with E-state index in [0.29, 0.717) is 5.69 Å². The van der Waals surface area contributed by atoms with E-state index in [-0.39, 0.29) is 74.1 Å². The molecule has 4 heterocycles. The summed E-state index contributed by atoms with van der Waals surface area (Å²) in [6.07, 6.45) is -3.60. The number of sulfonamides is 1. The third-order valence-corrected chi connectivity index (χ3v) is 10.2. The Bertz CT molecular complexity index is 1650. The second-order valence-electron chi connectivity index (χ2n) is 12.7. The summed E-state index contributed by atoms with van der Waals surface area (Å²) in [5.41, 5.74) is -0.702. The van der Waals surface area contributed by atoms with E-state index in [1.165, 1.54) is 33.5 Å². The molecule has 0 aliphatic carbocycles. The van der Waals surface area contributed by atoms with Gasteiger partial charge in [0, 0.05) is 56.9 Å². The zero-order chi connectivity index (χ0) is 35.0. The van der Waals surface area contributed by atoms with Gasteiger partial charge in [-0.2, -0.15) is 13.1 Å². The number of benzene rings is 1. The van der Waals surface area contributed by atoms with Gasteiger partial charge in [0.15, 0.2) is 0 Å². The third kappa shape index (κ3) is 7.90. The maximum atomic E-state index is 15.5. The summed E-state index contributed by atoms with van der Waals surface area (Å²) in [4.78, 5) is 44.3. The minimum atomic E-state index is -3.94. The summed E-state index contributed by atoms with van der Waals surface area (Å²) >= 11 is 6.13. The summed E-state index contributed by atoms with van der Waals surface area (Å²) < 4.78 is 69.7. The lowest BCUT2D eigenvalue weighted by Crippen LogP contribution is -2.51. The zero-order valence-electron chi connectivity index (χ0n) is 26.6. The van der Waals surface area contributed by atoms with Crippen LogP contribution in [0.3, 0.4) is 0 Å². The molecule has 3 aliphatic rings. The highest BCUT2D eigenvalue weighted by Gasteiger charge is 2.46. The summed E-state index contributed by atoms with van der Waals surface area (Å²) in [6, 6.07) is 7.57. The van der Waals surface area contributed by atoms with E-state index in [9.17, 15) is 27.9 Å². The molecule has 2 atom stereocenters. The molecule has 0 radical (unpaired) electrons. The quantitative estimate of drug-likeness (QED) is 0.407. The first-order valence-electron chi connectivity index (χ1n) is 15.2. The van der Waals surface area contributed by atoms with Crippen molar-refractivity contribution in [3.63, 3.8) is 0 Å². The van der Waals surface area contributed by atoms with Crippen molar-refractivity contribution >= 4 is 51.2 Å². The SMILES string of the molecule is CC(C)(C)OC(=O)N[C@@H]1CC(=O)N(c2ccc(S(=O)(=O)N3CCN(c4cc(C(F)(F)[C@@H]5CN(C(=O)O)CCO5)cc(Cl)n4)CC3)cc2)C1. The first-order valence-corrected chi connectivity index (χ1v) is 17.1. The van der Waals surface area contributed by atoms with Gasteiger partial charge in [0.05, 0.1) is 24.1 Å². The molecule has 262 valence electrons. The van der Waals surface area contributed by atoms with Crippen molar-refractivity contribution in [2.75, 3.05) is 62.2 Å². The van der Waals surface area contributed by atoms with Crippen LogP contribution in [0.25, 0.3) is 0 Å². The predicted molar refractivity (Wildman–Crippen MR) is 170 cm³/mol. The maximum Gasteiger partial charge on any atom is 0.407 e. The van der Waals surface area contributed by atoms with Crippen molar-refractivity contribution in [1.29, 1.82) is 0 Å². The molecule has 3 amide bonds. The number of alkyl carbamates (subject to hydrolysis) is 1. The van der Waals surface area contributed by atoms with Crippen LogP contribution in [0.5, 0.6) is 0 Å². The third-order valence-electron chi connectivity index (χ3n) is 8.10. The summed E-state index contributed by atoms with van der Waals surface area (Å²) in [6.45, 7) is 5.03. The largest absolute Gasteiger partial charge is 0.465 e. The molecular weight excluding hydrogens is 678 g/mol. The number of alkyl halides is 2. The monoisotopic (exact) mass is 714 g/mol. The summed E-state index contributed by atoms with van der Waals surface area (Å²) in [5.74, 6) is -3.69. The molecular formula is C30H37ClF2N6O8S. The van der Waals surface area contributed by atoms with Gasteiger partial charge in [0.1, 0.15) is 22.7 Å². The van der Waals surface area contributed by atoms with Gasteiger partial charge in [-0.15, -0.1) is 0 Å². The molecule has 18 heteroatoms. The number of hydrogen-bond donors (Lipinski definition) is 2. The van der Waals surface area contributed by atoms with E-state index in [4.69, 9.17) is 21.1 Å². The van der Waals surface area contributed by atoms with Crippen molar-refractivity contribution < 1.29 is 46.2 Å². The van der Waals surface area contributed by atoms with Crippen LogP contribution in [-0.4, -0.2) is 116 Å². The average molecular weight is 715 g/mol. The topological polar surface area (TPSA) is 162 Å². The number of aromatic nitrogens is 1. The van der Waals surface area contributed by atoms with Gasteiger partial charge in [-0.05, 0) is 57.2 Å². The van der Waals surface area contributed by atoms with Crippen LogP contribution in [0.2, 0.25) is 5.15 Å². The molecule has 5 rings (SSSR count). The van der Waals surface area contributed by atoms with Gasteiger partial charge in [0.25, 0.3) is 0 Å². The molecule has 0 bridgehead atoms. The number of anilines is 2. The number of nitrogens with zero attached hydrogens (tertiary/aromatic N) is 5. The Morgan fingerprint density at radius 3 is 2.35 bits per heavy atom. The molecule has 14 nitrogen and oxygen atoms in total. The van der Waals surface area contributed by atoms with Crippen molar-refractivity contribution in [2.24, 2.45) is 0 Å². The highest BCUT2D eigenvalue weighted by atomic mass is 35.5. The average Bonchev–Trinajstić information content (AvgIpc) is 3.39. The summed E-state index contributed by atoms with van der Waals surface area (Å²) in [5, 5.41) is 11.7. The van der Waals surface area contributed by atoms with Crippen LogP contribution in [0.15, 0.2) is 41.3 Å². The van der Waals surface area contributed by atoms with E-state index >= 15 is 8.78 Å². The number of rotatable bonds is 7. The molecule has 3 saturated heterocycles. The van der Waals surface area contributed by atoms with Gasteiger partial charge in [-0.25, -0.2) is 23.0 Å². The molecule has 3 aliphatic heterocycles. The lowest BCUT2D eigenvalue weighted by atomic mass is 10.0. The Kier molecular flexibility index (Phi) is 10.1. The molecule has 2 N–H and O–H groups in total. The van der Waals surface area contributed by atoms with Crippen LogP contribution in [0.4, 0.5) is 29.9 Å². The number of amides is 3. The van der Waals surface area contributed by atoms with E-state index < -0.39 is 58.0 Å². The van der Waals surface area contributed by atoms with Gasteiger partial charge in [-0.3, -0.25) is 4.79 Å². The van der Waals surface area contributed by atoms with E-state index in [1.54, 1.807) is 25.7 Å². The Morgan fingerprint density at radius 1 is 1.06 bits per heavy atom. The number of pyridine rings is 1. The lowest BCUT2D eigenvalue weighted by Gasteiger charge is -2.37. The fraction of sp³-hybridized carbons (Fsp3) is 0.533. The minimum absolute atomic E-state index is 0.0143. The Balaban J connectivity index is 1.21. The number of halogens is 3. The van der Waals surface area contributed by atoms with Crippen molar-refractivity contribution in [3.05, 3.63) is 47.1 Å². The normalized spacial score (nSPS) is 21.4. The molecule has 0 spiro atoms. The number of hydrogen-bond acceptors (Lipinski definition) is 9. The van der Waals surface area contributed by atoms with Gasteiger partial charge in [0.2, 0.25) is 15.9 Å². The highest BCUT2D eigenvalue weighted by molar-refractivity contribution is 7.89. The fourth-order valence-corrected chi connectivity index (χ4v) is 7.32. The number of piperazine rings is 1. The van der Waals surface area contributed by atoms with Gasteiger partial charge >= 0.3 is 18.1 Å². The second-order valence-corrected chi connectivity index (χ2v) is 15.0. The van der Waals surface area contributed by atoms with E-state index in [1.807, 2.05) is 0 Å². The lowest BCUT2D eigenvalue weighted by molar-refractivity contribution is -0.168. The first kappa shape index (κ1) is 35.5. The second kappa shape index (κ2) is 13.6. The van der Waals surface area contributed by atoms with E-state index in [2.05, 4.69) is 10.3 Å². The number of morpholine rings is 1. The Morgan fingerprint density at radius 2 is 1.73 bits per heavy atom. The Labute approximate surface area is 281 Å². The van der Waals surface area contributed by atoms with Crippen LogP contribution in [-0.2, 0) is 30.2 Å². The maximum absolute atomic E-state index is 15.5. The smallest absolute Gasteiger partial charge is 0.407 e. The summed E-state index contributed by atoms with van der Waals surface area (Å²) in [7, 11) is -3.94. The highest BCUT2D eigenvalue weighted by Crippen LogP contribution is 2.38. The van der Waals surface area contributed by atoms with Crippen molar-refractivity contribution in [2.45, 2.75) is 55.8 Å². The van der Waals surface area contributed by atoms with Gasteiger partial charge < -0.3 is 34.6 Å². The van der Waals surface area contributed by atoms with Crippen LogP contribution < -0.4 is 15.1 Å². The van der Waals surface area contributed by atoms with Crippen LogP contribution >= 0.6 is 11.6 Å². The molecule has 2 aromatic rings. The molecule has 48 heavy (non-hydrogen) atoms. The van der Waals surface area contributed by atoms with Crippen LogP contribution in [0.1, 0.15) is 32.8 Å². The number of carbonyl (C=O) groups excluding carboxylic acids is 2. The molecule has 0 saturated carbocycles. The Hall–Kier alpha value is -3.80. The van der Waals surface area contributed by atoms with Gasteiger partial charge in [-0.1, -0.05) is 11.6 Å². The first-order chi connectivity index (χ1) is 22.4. The van der Waals surface area contributed by atoms with E-state index in [0.717, 1.165) is 17.0 Å². The molecule has 1 aromatic carbocycles. The number of ether oxygens (including phenoxy) is 2. The molecule has 0 unspecified atom stereocenters. The molecule has 1 aromatic heterocycles. The van der Waals surface area contributed by atoms with Crippen molar-refractivity contribution in [1.82, 2.24) is 19.5 Å². The number of carboxylic acid groups (broad SMARTS) is 1. The van der Waals surface area contributed by atoms with Crippen LogP contribution in [0, 0.1) is 0 Å². The predicted octanol–water partition coefficient (Wildman–Crippen LogP) is 3.35. The number of carbonyl (C=O) groups is 3.